The molecule has 0 aromatic heterocycles. The quantitative estimate of drug-likeness (QED) is 0.357. The van der Waals surface area contributed by atoms with E-state index in [4.69, 9.17) is 21.4 Å². The first-order valence-electron chi connectivity index (χ1n) is 5.88. The Labute approximate surface area is 103 Å². The smallest absolute Gasteiger partial charge is 0.290 e. The maximum Gasteiger partial charge on any atom is 0.290 e. The molecule has 0 aromatic carbocycles. The molecule has 1 unspecified atom stereocenters. The van der Waals surface area contributed by atoms with E-state index in [2.05, 4.69) is 5.32 Å². The minimum absolute atomic E-state index is 0.108. The fourth-order valence-electron chi connectivity index (χ4n) is 1.17. The van der Waals surface area contributed by atoms with Gasteiger partial charge in [-0.15, -0.1) is 0 Å². The van der Waals surface area contributed by atoms with Crippen LogP contribution in [0.4, 0.5) is 0 Å². The van der Waals surface area contributed by atoms with Crippen LogP contribution in [0.3, 0.4) is 0 Å². The van der Waals surface area contributed by atoms with Crippen LogP contribution in [-0.4, -0.2) is 36.6 Å². The van der Waals surface area contributed by atoms with Gasteiger partial charge in [0.25, 0.3) is 6.47 Å². The molecule has 6 heteroatoms. The van der Waals surface area contributed by atoms with Crippen LogP contribution in [0.25, 0.3) is 0 Å². The highest BCUT2D eigenvalue weighted by atomic mass is 16.3. The van der Waals surface area contributed by atoms with Gasteiger partial charge in [0, 0.05) is 19.0 Å². The van der Waals surface area contributed by atoms with E-state index in [-0.39, 0.29) is 18.4 Å². The lowest BCUT2D eigenvalue weighted by molar-refractivity contribution is -0.123. The number of amides is 1. The number of rotatable bonds is 8. The molecule has 0 aromatic rings. The van der Waals surface area contributed by atoms with Gasteiger partial charge in [0.15, 0.2) is 0 Å². The van der Waals surface area contributed by atoms with Gasteiger partial charge in [0.05, 0.1) is 0 Å². The summed E-state index contributed by atoms with van der Waals surface area (Å²) in [5.74, 6) is 0.108. The van der Waals surface area contributed by atoms with Crippen molar-refractivity contribution in [2.45, 2.75) is 45.1 Å². The highest BCUT2D eigenvalue weighted by Crippen LogP contribution is 1.97. The molecule has 0 aliphatic rings. The monoisotopic (exact) mass is 247 g/mol. The van der Waals surface area contributed by atoms with Crippen LogP contribution in [0.2, 0.25) is 0 Å². The number of hydrogen-bond acceptors (Lipinski definition) is 4. The second-order valence-corrected chi connectivity index (χ2v) is 3.82. The second kappa shape index (κ2) is 14.9. The molecule has 6 N–H and O–H groups in total. The molecule has 0 aliphatic carbocycles. The summed E-state index contributed by atoms with van der Waals surface area (Å²) in [6, 6.07) is 0.267. The van der Waals surface area contributed by atoms with Crippen molar-refractivity contribution in [3.05, 3.63) is 0 Å². The molecule has 1 amide bonds. The van der Waals surface area contributed by atoms with Crippen LogP contribution < -0.4 is 16.8 Å². The standard InChI is InChI=1S/C10H23N3O.CH2O2/c1-9(12)5-2-3-8-13-10(14)6-4-7-11;2-1-3/h9H,2-8,11-12H2,1H3,(H,13,14);1H,(H,2,3). The fourth-order valence-corrected chi connectivity index (χ4v) is 1.17. The lowest BCUT2D eigenvalue weighted by Gasteiger charge is -2.06. The van der Waals surface area contributed by atoms with Crippen LogP contribution in [0.15, 0.2) is 0 Å². The molecule has 0 fully saturated rings. The highest BCUT2D eigenvalue weighted by Gasteiger charge is 1.99. The molecule has 0 aliphatic heterocycles. The van der Waals surface area contributed by atoms with E-state index in [1.165, 1.54) is 0 Å². The number of carbonyl (C=O) groups is 2. The summed E-state index contributed by atoms with van der Waals surface area (Å²) in [5.41, 5.74) is 10.9. The molecule has 1 atom stereocenters. The van der Waals surface area contributed by atoms with Gasteiger partial charge in [-0.2, -0.15) is 0 Å². The lowest BCUT2D eigenvalue weighted by atomic mass is 10.1. The number of hydrogen-bond donors (Lipinski definition) is 4. The molecule has 0 radical (unpaired) electrons. The zero-order valence-corrected chi connectivity index (χ0v) is 10.5. The summed E-state index contributed by atoms with van der Waals surface area (Å²) in [4.78, 5) is 19.5. The van der Waals surface area contributed by atoms with Gasteiger partial charge in [-0.1, -0.05) is 6.42 Å². The summed E-state index contributed by atoms with van der Waals surface area (Å²) >= 11 is 0. The summed E-state index contributed by atoms with van der Waals surface area (Å²) in [5, 5.41) is 9.74. The van der Waals surface area contributed by atoms with Crippen molar-refractivity contribution in [3.63, 3.8) is 0 Å². The van der Waals surface area contributed by atoms with Crippen molar-refractivity contribution >= 4 is 12.4 Å². The first-order chi connectivity index (χ1) is 8.08. The van der Waals surface area contributed by atoms with Crippen molar-refractivity contribution in [1.82, 2.24) is 5.32 Å². The Bertz CT molecular complexity index is 187. The summed E-state index contributed by atoms with van der Waals surface area (Å²) in [7, 11) is 0. The van der Waals surface area contributed by atoms with Gasteiger partial charge < -0.3 is 21.9 Å². The topological polar surface area (TPSA) is 118 Å². The minimum Gasteiger partial charge on any atom is -0.483 e. The van der Waals surface area contributed by atoms with Gasteiger partial charge >= 0.3 is 0 Å². The molecule has 0 bridgehead atoms. The molecule has 6 nitrogen and oxygen atoms in total. The van der Waals surface area contributed by atoms with E-state index in [0.717, 1.165) is 32.2 Å². The number of nitrogens with one attached hydrogen (secondary N) is 1. The van der Waals surface area contributed by atoms with Crippen LogP contribution in [0.1, 0.15) is 39.0 Å². The first kappa shape index (κ1) is 18.2. The van der Waals surface area contributed by atoms with Crippen LogP contribution in [0.5, 0.6) is 0 Å². The van der Waals surface area contributed by atoms with Crippen molar-refractivity contribution < 1.29 is 14.7 Å². The zero-order chi connectivity index (χ0) is 13.5. The largest absolute Gasteiger partial charge is 0.483 e. The molecule has 0 heterocycles. The fraction of sp³-hybridized carbons (Fsp3) is 0.818. The molecule has 102 valence electrons. The maximum absolute atomic E-state index is 11.1. The van der Waals surface area contributed by atoms with Crippen LogP contribution in [0, 0.1) is 0 Å². The Morgan fingerprint density at radius 3 is 2.47 bits per heavy atom. The van der Waals surface area contributed by atoms with E-state index in [1.54, 1.807) is 0 Å². The van der Waals surface area contributed by atoms with E-state index in [9.17, 15) is 4.79 Å². The first-order valence-corrected chi connectivity index (χ1v) is 5.88. The average molecular weight is 247 g/mol. The molecule has 0 saturated heterocycles. The van der Waals surface area contributed by atoms with E-state index in [1.807, 2.05) is 6.92 Å². The molecule has 0 spiro atoms. The molecule has 17 heavy (non-hydrogen) atoms. The molecular formula is C11H25N3O3. The zero-order valence-electron chi connectivity index (χ0n) is 10.5. The SMILES string of the molecule is CC(N)CCCCNC(=O)CCCN.O=CO. The third-order valence-corrected chi connectivity index (χ3v) is 2.02. The Morgan fingerprint density at radius 1 is 1.41 bits per heavy atom. The number of nitrogens with two attached hydrogens (primary N) is 2. The van der Waals surface area contributed by atoms with Crippen LogP contribution >= 0.6 is 0 Å². The van der Waals surface area contributed by atoms with Gasteiger partial charge in [-0.3, -0.25) is 9.59 Å². The molecule has 0 rings (SSSR count). The van der Waals surface area contributed by atoms with Crippen LogP contribution in [-0.2, 0) is 9.59 Å². The minimum atomic E-state index is -0.250. The Morgan fingerprint density at radius 2 is 2.00 bits per heavy atom. The molecular weight excluding hydrogens is 222 g/mol. The Balaban J connectivity index is 0. The van der Waals surface area contributed by atoms with E-state index < -0.39 is 0 Å². The van der Waals surface area contributed by atoms with Gasteiger partial charge in [-0.25, -0.2) is 0 Å². The van der Waals surface area contributed by atoms with Gasteiger partial charge in [0.1, 0.15) is 0 Å². The third kappa shape index (κ3) is 20.8. The number of carbonyl (C=O) groups excluding carboxylic acids is 1. The Hall–Kier alpha value is -1.14. The van der Waals surface area contributed by atoms with Gasteiger partial charge in [-0.05, 0) is 32.7 Å². The summed E-state index contributed by atoms with van der Waals surface area (Å²) in [6.45, 7) is 3.09. The second-order valence-electron chi connectivity index (χ2n) is 3.82. The van der Waals surface area contributed by atoms with Crippen molar-refractivity contribution in [2.75, 3.05) is 13.1 Å². The van der Waals surface area contributed by atoms with Crippen molar-refractivity contribution in [1.29, 1.82) is 0 Å². The Kier molecular flexibility index (Phi) is 15.9. The predicted molar refractivity (Wildman–Crippen MR) is 67.5 cm³/mol. The average Bonchev–Trinajstić information content (AvgIpc) is 2.26. The lowest BCUT2D eigenvalue weighted by Crippen LogP contribution is -2.25. The van der Waals surface area contributed by atoms with Gasteiger partial charge in [0.2, 0.25) is 5.91 Å². The van der Waals surface area contributed by atoms with E-state index in [0.29, 0.717) is 13.0 Å². The third-order valence-electron chi connectivity index (χ3n) is 2.02. The normalized spacial score (nSPS) is 11.0. The predicted octanol–water partition coefficient (Wildman–Crippen LogP) is 0.0598. The molecule has 0 saturated carbocycles. The summed E-state index contributed by atoms with van der Waals surface area (Å²) in [6.07, 6.45) is 4.43. The number of carboxylic acid groups (broad SMARTS) is 1. The maximum atomic E-state index is 11.1. The summed E-state index contributed by atoms with van der Waals surface area (Å²) < 4.78 is 0. The number of unbranched alkanes of at least 4 members (excludes halogenated alkanes) is 1. The van der Waals surface area contributed by atoms with Crippen molar-refractivity contribution in [2.24, 2.45) is 11.5 Å². The van der Waals surface area contributed by atoms with E-state index >= 15 is 0 Å². The highest BCUT2D eigenvalue weighted by molar-refractivity contribution is 5.75. The van der Waals surface area contributed by atoms with Crippen molar-refractivity contribution in [3.8, 4) is 0 Å².